The maximum Gasteiger partial charge on any atom is 0.338 e. The summed E-state index contributed by atoms with van der Waals surface area (Å²) in [6.07, 6.45) is 4.53. The number of hydrogen-bond acceptors (Lipinski definition) is 5. The molecular formula is C23H20F2N2O5. The van der Waals surface area contributed by atoms with Crippen molar-refractivity contribution >= 4 is 29.4 Å². The van der Waals surface area contributed by atoms with Crippen molar-refractivity contribution in [1.29, 1.82) is 0 Å². The molecule has 0 spiro atoms. The zero-order valence-electron chi connectivity index (χ0n) is 17.0. The average molecular weight is 442 g/mol. The van der Waals surface area contributed by atoms with Crippen LogP contribution in [-0.4, -0.2) is 41.2 Å². The molecule has 1 N–H and O–H groups in total. The van der Waals surface area contributed by atoms with Crippen LogP contribution in [0.4, 0.5) is 14.5 Å². The fourth-order valence-corrected chi connectivity index (χ4v) is 4.05. The summed E-state index contributed by atoms with van der Waals surface area (Å²) in [6, 6.07) is 6.55. The minimum atomic E-state index is -0.964. The number of nitrogens with one attached hydrogen (secondary N) is 1. The normalized spacial score (nSPS) is 16.1. The predicted molar refractivity (Wildman–Crippen MR) is 109 cm³/mol. The van der Waals surface area contributed by atoms with Crippen LogP contribution in [0.1, 0.15) is 63.2 Å². The Bertz CT molecular complexity index is 1110. The second-order valence-corrected chi connectivity index (χ2v) is 7.78. The van der Waals surface area contributed by atoms with Crippen LogP contribution in [0.25, 0.3) is 0 Å². The topological polar surface area (TPSA) is 92.8 Å². The van der Waals surface area contributed by atoms with Crippen LogP contribution >= 0.6 is 0 Å². The lowest BCUT2D eigenvalue weighted by molar-refractivity contribution is -0.119. The molecule has 0 atom stereocenters. The smallest absolute Gasteiger partial charge is 0.338 e. The number of rotatable bonds is 5. The Kier molecular flexibility index (Phi) is 5.98. The zero-order chi connectivity index (χ0) is 22.8. The first-order valence-corrected chi connectivity index (χ1v) is 10.3. The third-order valence-electron chi connectivity index (χ3n) is 5.63. The van der Waals surface area contributed by atoms with Gasteiger partial charge in [0, 0.05) is 12.1 Å². The highest BCUT2D eigenvalue weighted by Gasteiger charge is 2.40. The Morgan fingerprint density at radius 2 is 1.69 bits per heavy atom. The standard InChI is InChI=1S/C23H20F2N2O5/c24-14-7-9-19(18(25)11-14)26-20(28)12-32-23(31)13-6-8-16-17(10-13)22(30)27(21(16)29)15-4-2-1-3-5-15/h6-11,15H,1-5,12H2,(H,26,28). The highest BCUT2D eigenvalue weighted by Crippen LogP contribution is 2.31. The number of imide groups is 1. The van der Waals surface area contributed by atoms with Gasteiger partial charge < -0.3 is 10.1 Å². The van der Waals surface area contributed by atoms with Crippen LogP contribution in [0.5, 0.6) is 0 Å². The van der Waals surface area contributed by atoms with Crippen molar-refractivity contribution in [3.05, 3.63) is 64.7 Å². The van der Waals surface area contributed by atoms with Gasteiger partial charge in [0.15, 0.2) is 6.61 Å². The van der Waals surface area contributed by atoms with Gasteiger partial charge >= 0.3 is 5.97 Å². The van der Waals surface area contributed by atoms with Gasteiger partial charge in [-0.05, 0) is 43.2 Å². The molecule has 32 heavy (non-hydrogen) atoms. The Hall–Kier alpha value is -3.62. The molecule has 1 fully saturated rings. The summed E-state index contributed by atoms with van der Waals surface area (Å²) in [5.41, 5.74) is 0.127. The van der Waals surface area contributed by atoms with Gasteiger partial charge in [-0.1, -0.05) is 19.3 Å². The highest BCUT2D eigenvalue weighted by atomic mass is 19.1. The van der Waals surface area contributed by atoms with Crippen LogP contribution in [0.15, 0.2) is 36.4 Å². The summed E-state index contributed by atoms with van der Waals surface area (Å²) >= 11 is 0. The number of fused-ring (bicyclic) bond motifs is 1. The first-order valence-electron chi connectivity index (χ1n) is 10.3. The molecule has 4 rings (SSSR count). The molecule has 0 saturated heterocycles. The van der Waals surface area contributed by atoms with Gasteiger partial charge in [0.2, 0.25) is 0 Å². The number of carbonyl (C=O) groups excluding carboxylic acids is 4. The second-order valence-electron chi connectivity index (χ2n) is 7.78. The summed E-state index contributed by atoms with van der Waals surface area (Å²) in [5, 5.41) is 2.18. The molecule has 1 heterocycles. The minimum absolute atomic E-state index is 0.0103. The molecule has 2 aromatic rings. The van der Waals surface area contributed by atoms with Crippen molar-refractivity contribution < 1.29 is 32.7 Å². The van der Waals surface area contributed by atoms with Gasteiger partial charge in [-0.25, -0.2) is 13.6 Å². The van der Waals surface area contributed by atoms with E-state index in [0.29, 0.717) is 6.07 Å². The number of halogens is 2. The number of hydrogen-bond donors (Lipinski definition) is 1. The van der Waals surface area contributed by atoms with Gasteiger partial charge in [-0.2, -0.15) is 0 Å². The van der Waals surface area contributed by atoms with Gasteiger partial charge in [-0.15, -0.1) is 0 Å². The summed E-state index contributed by atoms with van der Waals surface area (Å²) in [6.45, 7) is -0.714. The molecule has 0 aromatic heterocycles. The Morgan fingerprint density at radius 1 is 0.969 bits per heavy atom. The Morgan fingerprint density at radius 3 is 2.41 bits per heavy atom. The predicted octanol–water partition coefficient (Wildman–Crippen LogP) is 3.69. The van der Waals surface area contributed by atoms with E-state index in [2.05, 4.69) is 5.32 Å². The summed E-state index contributed by atoms with van der Waals surface area (Å²) in [7, 11) is 0. The molecule has 2 aliphatic rings. The quantitative estimate of drug-likeness (QED) is 0.563. The molecule has 2 aromatic carbocycles. The molecule has 1 aliphatic heterocycles. The molecule has 0 bridgehead atoms. The van der Waals surface area contributed by atoms with Crippen molar-refractivity contribution in [2.75, 3.05) is 11.9 Å². The van der Waals surface area contributed by atoms with Crippen LogP contribution in [0.2, 0.25) is 0 Å². The maximum atomic E-state index is 13.6. The first kappa shape index (κ1) is 21.6. The highest BCUT2D eigenvalue weighted by molar-refractivity contribution is 6.22. The van der Waals surface area contributed by atoms with E-state index >= 15 is 0 Å². The molecule has 7 nitrogen and oxygen atoms in total. The van der Waals surface area contributed by atoms with E-state index in [1.165, 1.54) is 23.1 Å². The van der Waals surface area contributed by atoms with Crippen molar-refractivity contribution in [1.82, 2.24) is 4.90 Å². The molecule has 0 radical (unpaired) electrons. The van der Waals surface area contributed by atoms with Crippen molar-refractivity contribution in [2.45, 2.75) is 38.1 Å². The second kappa shape index (κ2) is 8.86. The fourth-order valence-electron chi connectivity index (χ4n) is 4.05. The number of anilines is 1. The molecule has 1 aliphatic carbocycles. The van der Waals surface area contributed by atoms with E-state index in [1.54, 1.807) is 0 Å². The van der Waals surface area contributed by atoms with Crippen LogP contribution in [0.3, 0.4) is 0 Å². The van der Waals surface area contributed by atoms with E-state index < -0.39 is 36.0 Å². The largest absolute Gasteiger partial charge is 0.452 e. The van der Waals surface area contributed by atoms with Gasteiger partial charge in [0.05, 0.1) is 22.4 Å². The monoisotopic (exact) mass is 442 g/mol. The lowest BCUT2D eigenvalue weighted by atomic mass is 9.94. The summed E-state index contributed by atoms with van der Waals surface area (Å²) < 4.78 is 31.5. The van der Waals surface area contributed by atoms with Crippen LogP contribution in [0, 0.1) is 11.6 Å². The Labute approximate surface area is 182 Å². The molecule has 1 saturated carbocycles. The van der Waals surface area contributed by atoms with Gasteiger partial charge in [0.1, 0.15) is 11.6 Å². The number of amides is 3. The third-order valence-corrected chi connectivity index (χ3v) is 5.63. The SMILES string of the molecule is O=C(COC(=O)c1ccc2c(c1)C(=O)N(C1CCCCC1)C2=O)Nc1ccc(F)cc1F. The number of benzene rings is 2. The minimum Gasteiger partial charge on any atom is -0.452 e. The van der Waals surface area contributed by atoms with E-state index in [-0.39, 0.29) is 34.3 Å². The maximum absolute atomic E-state index is 13.6. The van der Waals surface area contributed by atoms with Crippen LogP contribution in [-0.2, 0) is 9.53 Å². The zero-order valence-corrected chi connectivity index (χ0v) is 17.0. The molecule has 9 heteroatoms. The van der Waals surface area contributed by atoms with Crippen LogP contribution < -0.4 is 5.32 Å². The lowest BCUT2D eigenvalue weighted by Crippen LogP contribution is -2.40. The number of carbonyl (C=O) groups is 4. The number of ether oxygens (including phenoxy) is 1. The first-order chi connectivity index (χ1) is 15.3. The summed E-state index contributed by atoms with van der Waals surface area (Å²) in [5.74, 6) is -4.25. The van der Waals surface area contributed by atoms with Crippen molar-refractivity contribution in [3.8, 4) is 0 Å². The average Bonchev–Trinajstić information content (AvgIpc) is 3.04. The summed E-state index contributed by atoms with van der Waals surface area (Å²) in [4.78, 5) is 51.1. The number of nitrogens with zero attached hydrogens (tertiary/aromatic N) is 1. The fraction of sp³-hybridized carbons (Fsp3) is 0.304. The van der Waals surface area contributed by atoms with Crippen molar-refractivity contribution in [3.63, 3.8) is 0 Å². The molecule has 166 valence electrons. The van der Waals surface area contributed by atoms with E-state index in [0.717, 1.165) is 44.2 Å². The van der Waals surface area contributed by atoms with E-state index in [9.17, 15) is 28.0 Å². The van der Waals surface area contributed by atoms with Crippen molar-refractivity contribution in [2.24, 2.45) is 0 Å². The van der Waals surface area contributed by atoms with E-state index in [1.807, 2.05) is 0 Å². The van der Waals surface area contributed by atoms with E-state index in [4.69, 9.17) is 4.74 Å². The molecular weight excluding hydrogens is 422 g/mol. The Balaban J connectivity index is 1.40. The van der Waals surface area contributed by atoms with Gasteiger partial charge in [-0.3, -0.25) is 19.3 Å². The number of esters is 1. The lowest BCUT2D eigenvalue weighted by Gasteiger charge is -2.29. The molecule has 3 amide bonds. The molecule has 0 unspecified atom stereocenters. The van der Waals surface area contributed by atoms with Gasteiger partial charge in [0.25, 0.3) is 17.7 Å². The third kappa shape index (κ3) is 4.23.